The van der Waals surface area contributed by atoms with Gasteiger partial charge in [-0.2, -0.15) is 0 Å². The van der Waals surface area contributed by atoms with Crippen LogP contribution in [-0.4, -0.2) is 37.0 Å². The summed E-state index contributed by atoms with van der Waals surface area (Å²) in [5.41, 5.74) is 1.09. The number of hydrogen-bond donors (Lipinski definition) is 2. The third-order valence-corrected chi connectivity index (χ3v) is 4.85. The number of nitrogens with one attached hydrogen (secondary N) is 2. The van der Waals surface area contributed by atoms with Gasteiger partial charge in [-0.05, 0) is 35.4 Å². The van der Waals surface area contributed by atoms with Gasteiger partial charge in [-0.3, -0.25) is 9.59 Å². The molecule has 2 atom stereocenters. The molecule has 0 saturated heterocycles. The average Bonchev–Trinajstić information content (AvgIpc) is 2.67. The van der Waals surface area contributed by atoms with Gasteiger partial charge >= 0.3 is 5.97 Å². The molecule has 0 saturated carbocycles. The van der Waals surface area contributed by atoms with Crippen molar-refractivity contribution in [3.8, 4) is 0 Å². The zero-order chi connectivity index (χ0) is 22.3. The number of halogens is 3. The molecule has 0 bridgehead atoms. The van der Waals surface area contributed by atoms with Crippen LogP contribution < -0.4 is 10.6 Å². The molecule has 2 N–H and O–H groups in total. The highest BCUT2D eigenvalue weighted by Gasteiger charge is 2.28. The molecule has 2 rings (SSSR count). The van der Waals surface area contributed by atoms with Gasteiger partial charge in [0.1, 0.15) is 17.9 Å². The predicted octanol–water partition coefficient (Wildman–Crippen LogP) is 3.08. The third-order valence-electron chi connectivity index (χ3n) is 4.26. The molecule has 0 fully saturated rings. The molecule has 2 amide bonds. The second-order valence-electron chi connectivity index (χ2n) is 6.61. The Hall–Kier alpha value is -2.64. The molecule has 0 aliphatic carbocycles. The lowest BCUT2D eigenvalue weighted by molar-refractivity contribution is -0.145. The quantitative estimate of drug-likeness (QED) is 0.600. The molecule has 0 heterocycles. The zero-order valence-corrected chi connectivity index (χ0v) is 17.9. The Bertz CT molecular complexity index is 939. The number of esters is 1. The topological polar surface area (TPSA) is 84.5 Å². The van der Waals surface area contributed by atoms with Gasteiger partial charge in [-0.15, -0.1) is 0 Å². The maximum absolute atomic E-state index is 13.5. The number of rotatable bonds is 8. The number of benzene rings is 2. The van der Waals surface area contributed by atoms with Crippen LogP contribution >= 0.6 is 23.2 Å². The normalized spacial score (nSPS) is 12.6. The number of carbonyl (C=O) groups is 3. The molecule has 0 spiro atoms. The first-order valence-corrected chi connectivity index (χ1v) is 9.79. The monoisotopic (exact) mass is 454 g/mol. The number of hydrogen-bond acceptors (Lipinski definition) is 4. The Morgan fingerprint density at radius 1 is 1.03 bits per heavy atom. The summed E-state index contributed by atoms with van der Waals surface area (Å²) in [4.78, 5) is 36.7. The Morgan fingerprint density at radius 2 is 1.77 bits per heavy atom. The first-order chi connectivity index (χ1) is 14.2. The summed E-state index contributed by atoms with van der Waals surface area (Å²) in [5.74, 6) is -2.20. The van der Waals surface area contributed by atoms with Crippen molar-refractivity contribution in [2.24, 2.45) is 0 Å². The van der Waals surface area contributed by atoms with Crippen molar-refractivity contribution in [2.75, 3.05) is 7.11 Å². The van der Waals surface area contributed by atoms with Gasteiger partial charge in [0.25, 0.3) is 0 Å². The van der Waals surface area contributed by atoms with E-state index in [1.165, 1.54) is 38.3 Å². The average molecular weight is 455 g/mol. The Kier molecular flexibility index (Phi) is 8.62. The van der Waals surface area contributed by atoms with Crippen LogP contribution in [0.2, 0.25) is 10.0 Å². The second-order valence-corrected chi connectivity index (χ2v) is 7.45. The molecule has 0 aliphatic heterocycles. The van der Waals surface area contributed by atoms with Crippen molar-refractivity contribution in [1.29, 1.82) is 0 Å². The van der Waals surface area contributed by atoms with E-state index >= 15 is 0 Å². The lowest BCUT2D eigenvalue weighted by Gasteiger charge is -2.22. The van der Waals surface area contributed by atoms with E-state index in [0.29, 0.717) is 21.2 Å². The minimum Gasteiger partial charge on any atom is -0.467 e. The first-order valence-electron chi connectivity index (χ1n) is 9.03. The van der Waals surface area contributed by atoms with Crippen LogP contribution in [0.15, 0.2) is 42.5 Å². The first kappa shape index (κ1) is 23.6. The molecule has 0 aliphatic rings. The largest absolute Gasteiger partial charge is 0.467 e. The highest BCUT2D eigenvalue weighted by molar-refractivity contribution is 6.35. The van der Waals surface area contributed by atoms with Crippen molar-refractivity contribution < 1.29 is 23.5 Å². The maximum Gasteiger partial charge on any atom is 0.328 e. The van der Waals surface area contributed by atoms with E-state index in [9.17, 15) is 18.8 Å². The van der Waals surface area contributed by atoms with Gasteiger partial charge in [-0.25, -0.2) is 9.18 Å². The van der Waals surface area contributed by atoms with Gasteiger partial charge in [0.15, 0.2) is 0 Å². The van der Waals surface area contributed by atoms with E-state index in [0.717, 1.165) is 0 Å². The molecule has 2 aromatic rings. The van der Waals surface area contributed by atoms with Gasteiger partial charge in [0, 0.05) is 29.8 Å². The zero-order valence-electron chi connectivity index (χ0n) is 16.4. The fourth-order valence-corrected chi connectivity index (χ4v) is 3.35. The van der Waals surface area contributed by atoms with Gasteiger partial charge in [-0.1, -0.05) is 41.4 Å². The van der Waals surface area contributed by atoms with E-state index in [4.69, 9.17) is 27.9 Å². The molecular weight excluding hydrogens is 434 g/mol. The molecule has 0 unspecified atom stereocenters. The van der Waals surface area contributed by atoms with Crippen molar-refractivity contribution in [2.45, 2.75) is 31.8 Å². The van der Waals surface area contributed by atoms with Crippen molar-refractivity contribution in [3.63, 3.8) is 0 Å². The summed E-state index contributed by atoms with van der Waals surface area (Å²) in [7, 11) is 1.20. The fraction of sp³-hybridized carbons (Fsp3) is 0.286. The van der Waals surface area contributed by atoms with Gasteiger partial charge < -0.3 is 15.4 Å². The van der Waals surface area contributed by atoms with Crippen LogP contribution in [0.25, 0.3) is 0 Å². The van der Waals surface area contributed by atoms with Crippen LogP contribution in [0.3, 0.4) is 0 Å². The van der Waals surface area contributed by atoms with E-state index in [1.54, 1.807) is 18.2 Å². The number of ether oxygens (including phenoxy) is 1. The van der Waals surface area contributed by atoms with Gasteiger partial charge in [0.2, 0.25) is 11.8 Å². The minimum atomic E-state index is -1.05. The van der Waals surface area contributed by atoms with Crippen LogP contribution in [0.4, 0.5) is 4.39 Å². The standard InChI is InChI=1S/C21H21Cl2FN2O4/c1-12(27)25-18(9-13-4-3-5-16(24)8-13)20(28)26-19(21(29)30-2)10-14-6-7-15(22)11-17(14)23/h3-8,11,18-19H,9-10H2,1-2H3,(H,25,27)(H,26,28)/t18-,19-/m0/s1. The molecular formula is C21H21Cl2FN2O4. The molecule has 0 aromatic heterocycles. The fourth-order valence-electron chi connectivity index (χ4n) is 2.87. The summed E-state index contributed by atoms with van der Waals surface area (Å²) in [5, 5.41) is 5.88. The third kappa shape index (κ3) is 7.00. The number of methoxy groups -OCH3 is 1. The van der Waals surface area contributed by atoms with E-state index in [2.05, 4.69) is 10.6 Å². The van der Waals surface area contributed by atoms with Crippen LogP contribution in [-0.2, 0) is 32.0 Å². The van der Waals surface area contributed by atoms with Crippen LogP contribution in [0.1, 0.15) is 18.1 Å². The summed E-state index contributed by atoms with van der Waals surface area (Å²) >= 11 is 12.1. The summed E-state index contributed by atoms with van der Waals surface area (Å²) in [6, 6.07) is 8.41. The van der Waals surface area contributed by atoms with E-state index in [1.807, 2.05) is 0 Å². The smallest absolute Gasteiger partial charge is 0.328 e. The van der Waals surface area contributed by atoms with Crippen molar-refractivity contribution in [1.82, 2.24) is 10.6 Å². The predicted molar refractivity (Wildman–Crippen MR) is 112 cm³/mol. The lowest BCUT2D eigenvalue weighted by Crippen LogP contribution is -2.53. The second kappa shape index (κ2) is 10.9. The van der Waals surface area contributed by atoms with Crippen molar-refractivity contribution >= 4 is 41.0 Å². The van der Waals surface area contributed by atoms with Crippen LogP contribution in [0.5, 0.6) is 0 Å². The summed E-state index contributed by atoms with van der Waals surface area (Å²) < 4.78 is 18.3. The highest BCUT2D eigenvalue weighted by atomic mass is 35.5. The molecule has 2 aromatic carbocycles. The minimum absolute atomic E-state index is 0.0404. The number of amides is 2. The highest BCUT2D eigenvalue weighted by Crippen LogP contribution is 2.22. The molecule has 160 valence electrons. The van der Waals surface area contributed by atoms with E-state index < -0.39 is 35.7 Å². The molecule has 0 radical (unpaired) electrons. The van der Waals surface area contributed by atoms with Crippen LogP contribution in [0, 0.1) is 5.82 Å². The Balaban J connectivity index is 2.20. The summed E-state index contributed by atoms with van der Waals surface area (Å²) in [6.45, 7) is 1.26. The van der Waals surface area contributed by atoms with E-state index in [-0.39, 0.29) is 12.8 Å². The Morgan fingerprint density at radius 3 is 2.37 bits per heavy atom. The molecule has 9 heteroatoms. The summed E-state index contributed by atoms with van der Waals surface area (Å²) in [6.07, 6.45) is 0.0972. The van der Waals surface area contributed by atoms with Crippen molar-refractivity contribution in [3.05, 3.63) is 69.5 Å². The number of carbonyl (C=O) groups excluding carboxylic acids is 3. The Labute approximate surface area is 183 Å². The SMILES string of the molecule is COC(=O)[C@H](Cc1ccc(Cl)cc1Cl)NC(=O)[C@H](Cc1cccc(F)c1)NC(C)=O. The molecule has 30 heavy (non-hydrogen) atoms. The maximum atomic E-state index is 13.5. The molecule has 6 nitrogen and oxygen atoms in total. The van der Waals surface area contributed by atoms with Gasteiger partial charge in [0.05, 0.1) is 7.11 Å². The lowest BCUT2D eigenvalue weighted by atomic mass is 10.0.